The van der Waals surface area contributed by atoms with Crippen LogP contribution in [0.4, 0.5) is 0 Å². The van der Waals surface area contributed by atoms with Crippen LogP contribution >= 0.6 is 11.3 Å². The summed E-state index contributed by atoms with van der Waals surface area (Å²) < 4.78 is 7.30. The summed E-state index contributed by atoms with van der Waals surface area (Å²) in [5.41, 5.74) is 9.89. The highest BCUT2D eigenvalue weighted by Gasteiger charge is 2.20. The number of benzene rings is 8. The summed E-state index contributed by atoms with van der Waals surface area (Å²) in [7, 11) is 0. The zero-order chi connectivity index (χ0) is 37.5. The van der Waals surface area contributed by atoms with Crippen LogP contribution in [-0.4, -0.2) is 24.1 Å². The van der Waals surface area contributed by atoms with Gasteiger partial charge in [0.25, 0.3) is 0 Å². The van der Waals surface area contributed by atoms with Gasteiger partial charge in [-0.2, -0.15) is 0 Å². The topological polar surface area (TPSA) is 48.5 Å². The second-order valence-electron chi connectivity index (χ2n) is 14.5. The Balaban J connectivity index is 1.07. The van der Waals surface area contributed by atoms with E-state index in [0.29, 0.717) is 17.5 Å². The van der Waals surface area contributed by atoms with E-state index in [1.807, 2.05) is 72.0 Å². The lowest BCUT2D eigenvalue weighted by molar-refractivity contribution is 1.07. The summed E-state index contributed by atoms with van der Waals surface area (Å²) >= 11 is 1.82. The molecule has 0 spiro atoms. The van der Waals surface area contributed by atoms with Crippen LogP contribution in [0.5, 0.6) is 0 Å². The van der Waals surface area contributed by atoms with Crippen molar-refractivity contribution in [3.05, 3.63) is 188 Å². The number of aromatic nitrogens is 5. The molecule has 0 fully saturated rings. The van der Waals surface area contributed by atoms with Crippen LogP contribution in [0.3, 0.4) is 0 Å². The van der Waals surface area contributed by atoms with Gasteiger partial charge in [0.2, 0.25) is 0 Å². The summed E-state index contributed by atoms with van der Waals surface area (Å²) in [6.45, 7) is 0. The number of hydrogen-bond donors (Lipinski definition) is 0. The van der Waals surface area contributed by atoms with Gasteiger partial charge in [-0.25, -0.2) is 15.0 Å². The predicted molar refractivity (Wildman–Crippen MR) is 238 cm³/mol. The maximum atomic E-state index is 5.04. The molecule has 0 aliphatic rings. The molecule has 4 heterocycles. The van der Waals surface area contributed by atoms with E-state index in [4.69, 9.17) is 15.0 Å². The molecule has 0 atom stereocenters. The molecule has 0 N–H and O–H groups in total. The van der Waals surface area contributed by atoms with Gasteiger partial charge in [-0.15, -0.1) is 11.3 Å². The monoisotopic (exact) mass is 745 g/mol. The Morgan fingerprint density at radius 2 is 0.772 bits per heavy atom. The maximum Gasteiger partial charge on any atom is 0.164 e. The van der Waals surface area contributed by atoms with E-state index in [-0.39, 0.29) is 0 Å². The molecule has 0 aliphatic carbocycles. The molecule has 0 saturated carbocycles. The van der Waals surface area contributed by atoms with Crippen molar-refractivity contribution in [3.8, 4) is 45.5 Å². The van der Waals surface area contributed by atoms with Crippen molar-refractivity contribution in [2.45, 2.75) is 0 Å². The second-order valence-corrected chi connectivity index (χ2v) is 15.5. The first-order chi connectivity index (χ1) is 28.2. The van der Waals surface area contributed by atoms with Crippen molar-refractivity contribution >= 4 is 75.1 Å². The Hall–Kier alpha value is -7.41. The Morgan fingerprint density at radius 1 is 0.298 bits per heavy atom. The summed E-state index contributed by atoms with van der Waals surface area (Å²) in [4.78, 5) is 15.0. The molecule has 8 aromatic carbocycles. The van der Waals surface area contributed by atoms with Crippen LogP contribution in [0.2, 0.25) is 0 Å². The molecule has 0 radical (unpaired) electrons. The van der Waals surface area contributed by atoms with Gasteiger partial charge >= 0.3 is 0 Å². The fourth-order valence-electron chi connectivity index (χ4n) is 8.55. The van der Waals surface area contributed by atoms with Gasteiger partial charge in [0.1, 0.15) is 0 Å². The molecule has 6 heteroatoms. The van der Waals surface area contributed by atoms with Crippen LogP contribution < -0.4 is 0 Å². The maximum absolute atomic E-state index is 5.04. The highest BCUT2D eigenvalue weighted by molar-refractivity contribution is 7.25. The van der Waals surface area contributed by atoms with Crippen molar-refractivity contribution < 1.29 is 0 Å². The molecule has 12 rings (SSSR count). The Bertz CT molecular complexity index is 3450. The molecule has 5 nitrogen and oxygen atoms in total. The Morgan fingerprint density at radius 3 is 1.37 bits per heavy atom. The summed E-state index contributed by atoms with van der Waals surface area (Å²) in [6, 6.07) is 66.8. The van der Waals surface area contributed by atoms with E-state index in [1.165, 1.54) is 63.8 Å². The fourth-order valence-corrected chi connectivity index (χ4v) is 9.61. The first kappa shape index (κ1) is 31.9. The first-order valence-electron chi connectivity index (χ1n) is 19.1. The molecule has 0 amide bonds. The number of nitrogens with zero attached hydrogens (tertiary/aromatic N) is 5. The fraction of sp³-hybridized carbons (Fsp3) is 0. The van der Waals surface area contributed by atoms with Crippen LogP contribution in [0, 0.1) is 0 Å². The first-order valence-corrected chi connectivity index (χ1v) is 19.9. The van der Waals surface area contributed by atoms with Gasteiger partial charge in [0.05, 0.1) is 22.1 Å². The van der Waals surface area contributed by atoms with Gasteiger partial charge < -0.3 is 9.13 Å². The van der Waals surface area contributed by atoms with E-state index < -0.39 is 0 Å². The number of thiophene rings is 1. The van der Waals surface area contributed by atoms with Crippen molar-refractivity contribution in [3.63, 3.8) is 0 Å². The number of fused-ring (bicyclic) bond motifs is 9. The lowest BCUT2D eigenvalue weighted by atomic mass is 10.1. The van der Waals surface area contributed by atoms with Crippen LogP contribution in [0.15, 0.2) is 188 Å². The summed E-state index contributed by atoms with van der Waals surface area (Å²) in [5, 5.41) is 7.37. The number of rotatable bonds is 5. The van der Waals surface area contributed by atoms with E-state index in [2.05, 4.69) is 137 Å². The van der Waals surface area contributed by atoms with E-state index in [1.54, 1.807) is 0 Å². The molecular weight excluding hydrogens is 715 g/mol. The molecule has 0 aliphatic heterocycles. The third kappa shape index (κ3) is 5.04. The van der Waals surface area contributed by atoms with Gasteiger partial charge in [-0.05, 0) is 72.8 Å². The van der Waals surface area contributed by atoms with E-state index in [9.17, 15) is 0 Å². The highest BCUT2D eigenvalue weighted by atomic mass is 32.1. The average Bonchev–Trinajstić information content (AvgIpc) is 3.93. The molecule has 0 saturated heterocycles. The van der Waals surface area contributed by atoms with Crippen LogP contribution in [0.25, 0.3) is 109 Å². The van der Waals surface area contributed by atoms with Crippen molar-refractivity contribution in [1.82, 2.24) is 24.1 Å². The van der Waals surface area contributed by atoms with Gasteiger partial charge in [0, 0.05) is 69.8 Å². The molecule has 57 heavy (non-hydrogen) atoms. The van der Waals surface area contributed by atoms with E-state index in [0.717, 1.165) is 28.1 Å². The van der Waals surface area contributed by atoms with Crippen LogP contribution in [-0.2, 0) is 0 Å². The van der Waals surface area contributed by atoms with Gasteiger partial charge in [-0.1, -0.05) is 115 Å². The minimum Gasteiger partial charge on any atom is -0.309 e. The zero-order valence-corrected chi connectivity index (χ0v) is 31.4. The summed E-state index contributed by atoms with van der Waals surface area (Å²) in [6.07, 6.45) is 0. The zero-order valence-electron chi connectivity index (χ0n) is 30.5. The quantitative estimate of drug-likeness (QED) is 0.176. The van der Waals surface area contributed by atoms with E-state index >= 15 is 0 Å². The predicted octanol–water partition coefficient (Wildman–Crippen LogP) is 13.4. The lowest BCUT2D eigenvalue weighted by Gasteiger charge is -2.10. The third-order valence-electron chi connectivity index (χ3n) is 11.1. The minimum absolute atomic E-state index is 0.653. The number of para-hydroxylation sites is 3. The Kier molecular flexibility index (Phi) is 7.03. The molecule has 0 bridgehead atoms. The lowest BCUT2D eigenvalue weighted by Crippen LogP contribution is -2.00. The molecular formula is C51H31N5S. The molecule has 266 valence electrons. The van der Waals surface area contributed by atoms with Crippen molar-refractivity contribution in [2.75, 3.05) is 0 Å². The van der Waals surface area contributed by atoms with Gasteiger partial charge in [-0.3, -0.25) is 0 Å². The number of hydrogen-bond acceptors (Lipinski definition) is 4. The Labute approximate surface area is 331 Å². The SMILES string of the molecule is c1ccc(-c2nc(-c3ccccc3)nc(-c3ccc4sc5ccc(-n6c7ccccc7c7cc8c9ccccc9n(-c9ccccc9)c8cc76)cc5c4c3)n2)cc1. The highest BCUT2D eigenvalue weighted by Crippen LogP contribution is 2.42. The third-order valence-corrected chi connectivity index (χ3v) is 12.3. The smallest absolute Gasteiger partial charge is 0.164 e. The largest absolute Gasteiger partial charge is 0.309 e. The molecule has 12 aromatic rings. The molecule has 4 aromatic heterocycles. The normalized spacial score (nSPS) is 11.9. The van der Waals surface area contributed by atoms with Crippen molar-refractivity contribution in [1.29, 1.82) is 0 Å². The van der Waals surface area contributed by atoms with Crippen LogP contribution in [0.1, 0.15) is 0 Å². The average molecular weight is 746 g/mol. The van der Waals surface area contributed by atoms with Crippen molar-refractivity contribution in [2.24, 2.45) is 0 Å². The second kappa shape index (κ2) is 12.6. The van der Waals surface area contributed by atoms with Gasteiger partial charge in [0.15, 0.2) is 17.5 Å². The molecule has 0 unspecified atom stereocenters. The standard InChI is InChI=1S/C51H31N5S/c1-4-14-32(15-5-1)49-52-50(33-16-6-2-7-17-33)54-51(53-49)34-24-26-47-41(28-34)42-29-36(25-27-48(42)57-47)56-44-23-13-11-21-38(44)40-30-39-37-20-10-12-22-43(37)55(45(39)31-46(40)56)35-18-8-3-9-19-35/h1-31H. The summed E-state index contributed by atoms with van der Waals surface area (Å²) in [5.74, 6) is 1.97. The minimum atomic E-state index is 0.653.